The summed E-state index contributed by atoms with van der Waals surface area (Å²) in [5.74, 6) is 1.27. The third kappa shape index (κ3) is 29.6. The molecular weight excluding hydrogens is 238 g/mol. The van der Waals surface area contributed by atoms with E-state index in [1.807, 2.05) is 56.8 Å². The maximum absolute atomic E-state index is 3.46. The SMILES string of the molecule is C/C=C\C.C=C/C=C\C.CCN(CC)CCSC. The molecule has 0 aliphatic carbocycles. The van der Waals surface area contributed by atoms with E-state index < -0.39 is 0 Å². The van der Waals surface area contributed by atoms with Crippen LogP contribution in [0.15, 0.2) is 37.0 Å². The van der Waals surface area contributed by atoms with E-state index in [0.717, 1.165) is 0 Å². The predicted molar refractivity (Wildman–Crippen MR) is 91.7 cm³/mol. The molecule has 0 aliphatic heterocycles. The summed E-state index contributed by atoms with van der Waals surface area (Å²) in [6, 6.07) is 0. The highest BCUT2D eigenvalue weighted by Gasteiger charge is 1.94. The molecule has 2 heteroatoms. The molecule has 0 heterocycles. The molecule has 0 atom stereocenters. The third-order valence-electron chi connectivity index (χ3n) is 2.17. The Labute approximate surface area is 120 Å². The molecule has 0 radical (unpaired) electrons. The summed E-state index contributed by atoms with van der Waals surface area (Å²) >= 11 is 1.92. The monoisotopic (exact) mass is 271 g/mol. The van der Waals surface area contributed by atoms with Gasteiger partial charge in [0, 0.05) is 12.3 Å². The summed E-state index contributed by atoms with van der Waals surface area (Å²) in [5.41, 5.74) is 0. The molecule has 0 spiro atoms. The van der Waals surface area contributed by atoms with Crippen LogP contribution in [0, 0.1) is 0 Å². The van der Waals surface area contributed by atoms with Crippen molar-refractivity contribution in [2.24, 2.45) is 0 Å². The quantitative estimate of drug-likeness (QED) is 0.493. The van der Waals surface area contributed by atoms with E-state index in [2.05, 4.69) is 31.6 Å². The zero-order valence-corrected chi connectivity index (χ0v) is 14.1. The van der Waals surface area contributed by atoms with E-state index in [1.54, 1.807) is 6.08 Å². The topological polar surface area (TPSA) is 3.24 Å². The second kappa shape index (κ2) is 25.4. The normalized spacial score (nSPS) is 9.94. The molecule has 0 rings (SSSR count). The molecule has 0 N–H and O–H groups in total. The van der Waals surface area contributed by atoms with Crippen molar-refractivity contribution in [2.75, 3.05) is 31.6 Å². The average molecular weight is 272 g/mol. The van der Waals surface area contributed by atoms with Crippen LogP contribution in [0.25, 0.3) is 0 Å². The van der Waals surface area contributed by atoms with Gasteiger partial charge in [-0.3, -0.25) is 0 Å². The molecule has 0 bridgehead atoms. The van der Waals surface area contributed by atoms with Gasteiger partial charge in [-0.25, -0.2) is 0 Å². The molecule has 108 valence electrons. The number of nitrogens with zero attached hydrogens (tertiary/aromatic N) is 1. The van der Waals surface area contributed by atoms with E-state index in [9.17, 15) is 0 Å². The van der Waals surface area contributed by atoms with Crippen LogP contribution < -0.4 is 0 Å². The summed E-state index contributed by atoms with van der Waals surface area (Å²) in [4.78, 5) is 2.44. The molecule has 0 aromatic carbocycles. The van der Waals surface area contributed by atoms with E-state index in [1.165, 1.54) is 25.4 Å². The Hall–Kier alpha value is -0.470. The number of rotatable bonds is 6. The number of hydrogen-bond acceptors (Lipinski definition) is 2. The minimum absolute atomic E-state index is 1.19. The highest BCUT2D eigenvalue weighted by molar-refractivity contribution is 7.98. The van der Waals surface area contributed by atoms with Crippen molar-refractivity contribution in [3.8, 4) is 0 Å². The zero-order valence-electron chi connectivity index (χ0n) is 13.3. The molecule has 0 fully saturated rings. The lowest BCUT2D eigenvalue weighted by atomic mass is 10.5. The van der Waals surface area contributed by atoms with Gasteiger partial charge in [0.1, 0.15) is 0 Å². The molecule has 0 aliphatic rings. The first-order chi connectivity index (χ1) is 8.67. The smallest absolute Gasteiger partial charge is 0.00720 e. The summed E-state index contributed by atoms with van der Waals surface area (Å²) in [6.07, 6.45) is 11.7. The van der Waals surface area contributed by atoms with Gasteiger partial charge >= 0.3 is 0 Å². The van der Waals surface area contributed by atoms with Crippen molar-refractivity contribution in [1.82, 2.24) is 4.90 Å². The predicted octanol–water partition coefficient (Wildman–Crippen LogP) is 5.02. The molecule has 0 aromatic rings. The van der Waals surface area contributed by atoms with Crippen LogP contribution >= 0.6 is 11.8 Å². The first kappa shape index (κ1) is 22.7. The fourth-order valence-electron chi connectivity index (χ4n) is 0.896. The van der Waals surface area contributed by atoms with Crippen molar-refractivity contribution in [3.05, 3.63) is 37.0 Å². The fraction of sp³-hybridized carbons (Fsp3) is 0.625. The number of hydrogen-bond donors (Lipinski definition) is 0. The minimum atomic E-state index is 1.19. The van der Waals surface area contributed by atoms with Crippen molar-refractivity contribution in [2.45, 2.75) is 34.6 Å². The van der Waals surface area contributed by atoms with Gasteiger partial charge < -0.3 is 4.90 Å². The van der Waals surface area contributed by atoms with Crippen molar-refractivity contribution >= 4 is 11.8 Å². The molecule has 0 saturated carbocycles. The van der Waals surface area contributed by atoms with Gasteiger partial charge in [-0.1, -0.05) is 50.8 Å². The lowest BCUT2D eigenvalue weighted by Gasteiger charge is -2.16. The van der Waals surface area contributed by atoms with Crippen LogP contribution in [-0.2, 0) is 0 Å². The Morgan fingerprint density at radius 2 is 1.50 bits per heavy atom. The fourth-order valence-corrected chi connectivity index (χ4v) is 1.34. The lowest BCUT2D eigenvalue weighted by molar-refractivity contribution is 0.324. The molecule has 0 unspecified atom stereocenters. The number of thioether (sulfide) groups is 1. The van der Waals surface area contributed by atoms with E-state index >= 15 is 0 Å². The summed E-state index contributed by atoms with van der Waals surface area (Å²) in [5, 5.41) is 0. The van der Waals surface area contributed by atoms with Crippen LogP contribution in [-0.4, -0.2) is 36.5 Å². The van der Waals surface area contributed by atoms with Crippen molar-refractivity contribution in [1.29, 1.82) is 0 Å². The largest absolute Gasteiger partial charge is 0.303 e. The van der Waals surface area contributed by atoms with Gasteiger partial charge in [0.05, 0.1) is 0 Å². The Bertz CT molecular complexity index is 178. The highest BCUT2D eigenvalue weighted by Crippen LogP contribution is 1.93. The Kier molecular flexibility index (Phi) is 32.0. The lowest BCUT2D eigenvalue weighted by Crippen LogP contribution is -2.25. The summed E-state index contributed by atoms with van der Waals surface area (Å²) in [6.45, 7) is 17.5. The van der Waals surface area contributed by atoms with E-state index in [0.29, 0.717) is 0 Å². The molecule has 1 nitrogen and oxygen atoms in total. The zero-order chi connectivity index (χ0) is 14.6. The Balaban J connectivity index is -0.000000212. The first-order valence-electron chi connectivity index (χ1n) is 6.70. The summed E-state index contributed by atoms with van der Waals surface area (Å²) < 4.78 is 0. The van der Waals surface area contributed by atoms with Crippen LogP contribution in [0.4, 0.5) is 0 Å². The maximum Gasteiger partial charge on any atom is 0.00720 e. The van der Waals surface area contributed by atoms with Gasteiger partial charge in [-0.15, -0.1) is 0 Å². The second-order valence-corrected chi connectivity index (χ2v) is 4.43. The molecule has 18 heavy (non-hydrogen) atoms. The van der Waals surface area contributed by atoms with Crippen LogP contribution in [0.5, 0.6) is 0 Å². The standard InChI is InChI=1S/C7H17NS.C5H8.C4H8/c1-4-8(5-2)6-7-9-3;1-3-5-4-2;1-3-4-2/h4-7H2,1-3H3;3-5H,1H2,2H3;3-4H,1-2H3/b;5-4-;4-3-. The van der Waals surface area contributed by atoms with Crippen LogP contribution in [0.1, 0.15) is 34.6 Å². The molecular formula is C16H33NS. The van der Waals surface area contributed by atoms with Gasteiger partial charge in [0.2, 0.25) is 0 Å². The second-order valence-electron chi connectivity index (χ2n) is 3.45. The van der Waals surface area contributed by atoms with Crippen LogP contribution in [0.2, 0.25) is 0 Å². The highest BCUT2D eigenvalue weighted by atomic mass is 32.2. The van der Waals surface area contributed by atoms with Gasteiger partial charge in [-0.05, 0) is 40.1 Å². The van der Waals surface area contributed by atoms with Crippen molar-refractivity contribution in [3.63, 3.8) is 0 Å². The third-order valence-corrected chi connectivity index (χ3v) is 2.76. The van der Waals surface area contributed by atoms with E-state index in [-0.39, 0.29) is 0 Å². The van der Waals surface area contributed by atoms with Gasteiger partial charge in [0.15, 0.2) is 0 Å². The average Bonchev–Trinajstić information content (AvgIpc) is 2.42. The van der Waals surface area contributed by atoms with Gasteiger partial charge in [-0.2, -0.15) is 11.8 Å². The number of allylic oxidation sites excluding steroid dienone is 5. The Morgan fingerprint density at radius 3 is 1.67 bits per heavy atom. The maximum atomic E-state index is 3.46. The minimum Gasteiger partial charge on any atom is -0.303 e. The molecule has 0 amide bonds. The molecule has 0 saturated heterocycles. The van der Waals surface area contributed by atoms with Crippen LogP contribution in [0.3, 0.4) is 0 Å². The Morgan fingerprint density at radius 1 is 1.00 bits per heavy atom. The summed E-state index contributed by atoms with van der Waals surface area (Å²) in [7, 11) is 0. The first-order valence-corrected chi connectivity index (χ1v) is 8.09. The van der Waals surface area contributed by atoms with Gasteiger partial charge in [0.25, 0.3) is 0 Å². The molecule has 0 aromatic heterocycles. The van der Waals surface area contributed by atoms with E-state index in [4.69, 9.17) is 0 Å². The van der Waals surface area contributed by atoms with Crippen molar-refractivity contribution < 1.29 is 0 Å².